The lowest BCUT2D eigenvalue weighted by Crippen LogP contribution is -2.29. The van der Waals surface area contributed by atoms with Gasteiger partial charge in [-0.15, -0.1) is 11.3 Å². The molecule has 170 valence electrons. The molecule has 0 fully saturated rings. The second kappa shape index (κ2) is 10.6. The molecule has 0 saturated carbocycles. The van der Waals surface area contributed by atoms with Gasteiger partial charge in [0.1, 0.15) is 11.6 Å². The van der Waals surface area contributed by atoms with Crippen molar-refractivity contribution in [2.24, 2.45) is 4.99 Å². The van der Waals surface area contributed by atoms with E-state index in [1.54, 1.807) is 12.1 Å². The Morgan fingerprint density at radius 2 is 1.84 bits per heavy atom. The van der Waals surface area contributed by atoms with Crippen molar-refractivity contribution in [1.82, 2.24) is 4.72 Å². The van der Waals surface area contributed by atoms with E-state index in [0.717, 1.165) is 11.3 Å². The van der Waals surface area contributed by atoms with E-state index >= 15 is 0 Å². The summed E-state index contributed by atoms with van der Waals surface area (Å²) in [4.78, 5) is 42.1. The number of nitrogens with one attached hydrogen (secondary N) is 2. The van der Waals surface area contributed by atoms with Crippen LogP contribution in [0.15, 0.2) is 46.3 Å². The Bertz CT molecular complexity index is 1150. The molecule has 1 aromatic heterocycles. The average molecular weight is 476 g/mol. The molecule has 2 N–H and O–H groups in total. The van der Waals surface area contributed by atoms with E-state index in [1.807, 2.05) is 13.0 Å². The van der Waals surface area contributed by atoms with Gasteiger partial charge in [-0.2, -0.15) is 0 Å². The first-order valence-electron chi connectivity index (χ1n) is 10.3. The summed E-state index contributed by atoms with van der Waals surface area (Å²) in [6.45, 7) is 2.52. The highest BCUT2D eigenvalue weighted by Gasteiger charge is 2.19. The first kappa shape index (κ1) is 23.8. The molecule has 2 aromatic rings. The Morgan fingerprint density at radius 3 is 2.53 bits per heavy atom. The molecule has 1 aliphatic heterocycles. The topological polar surface area (TPSA) is 122 Å². The van der Waals surface area contributed by atoms with Crippen molar-refractivity contribution in [3.63, 3.8) is 0 Å². The minimum absolute atomic E-state index is 0.0158. The maximum Gasteiger partial charge on any atom is 0.262 e. The molecule has 32 heavy (non-hydrogen) atoms. The molecule has 0 spiro atoms. The number of thiophene rings is 1. The van der Waals surface area contributed by atoms with E-state index in [2.05, 4.69) is 15.0 Å². The van der Waals surface area contributed by atoms with Crippen molar-refractivity contribution in [3.8, 4) is 0 Å². The molecule has 0 radical (unpaired) electrons. The van der Waals surface area contributed by atoms with Gasteiger partial charge in [-0.25, -0.2) is 8.42 Å². The van der Waals surface area contributed by atoms with Crippen LogP contribution >= 0.6 is 11.3 Å². The highest BCUT2D eigenvalue weighted by atomic mass is 32.2. The van der Waals surface area contributed by atoms with Gasteiger partial charge >= 0.3 is 0 Å². The lowest BCUT2D eigenvalue weighted by atomic mass is 10.1. The van der Waals surface area contributed by atoms with Crippen LogP contribution in [0.1, 0.15) is 53.1 Å². The molecule has 0 aliphatic carbocycles. The minimum atomic E-state index is -3.78. The smallest absolute Gasteiger partial charge is 0.262 e. The van der Waals surface area contributed by atoms with Gasteiger partial charge in [0.2, 0.25) is 5.91 Å². The van der Waals surface area contributed by atoms with Crippen molar-refractivity contribution in [3.05, 3.63) is 46.2 Å². The van der Waals surface area contributed by atoms with Gasteiger partial charge in [0.15, 0.2) is 5.78 Å². The van der Waals surface area contributed by atoms with Crippen molar-refractivity contribution in [2.45, 2.75) is 50.3 Å². The predicted molar refractivity (Wildman–Crippen MR) is 124 cm³/mol. The molecule has 0 atom stereocenters. The van der Waals surface area contributed by atoms with Gasteiger partial charge < -0.3 is 5.32 Å². The number of Topliss-reactive ketones (excluding diaryl/α,β-unsaturated/α-hetero) is 2. The lowest BCUT2D eigenvalue weighted by Gasteiger charge is -2.10. The molecule has 0 saturated heterocycles. The number of carbonyl (C=O) groups is 3. The molecule has 1 aliphatic rings. The molecular weight excluding hydrogens is 450 g/mol. The third kappa shape index (κ3) is 6.83. The molecule has 3 rings (SSSR count). The quantitative estimate of drug-likeness (QED) is 0.510. The Morgan fingerprint density at radius 1 is 1.06 bits per heavy atom. The van der Waals surface area contributed by atoms with Crippen LogP contribution in [-0.4, -0.2) is 38.3 Å². The molecule has 10 heteroatoms. The number of aliphatic imine (C=N–C) groups is 1. The number of anilines is 1. The minimum Gasteiger partial charge on any atom is -0.326 e. The second-order valence-corrected chi connectivity index (χ2v) is 10.5. The van der Waals surface area contributed by atoms with E-state index in [9.17, 15) is 22.8 Å². The van der Waals surface area contributed by atoms with Crippen molar-refractivity contribution >= 4 is 50.4 Å². The number of amidine groups is 1. The van der Waals surface area contributed by atoms with Gasteiger partial charge in [-0.05, 0) is 43.7 Å². The fourth-order valence-corrected chi connectivity index (χ4v) is 5.11. The summed E-state index contributed by atoms with van der Waals surface area (Å²) in [5, 5.41) is 2.62. The standard InChI is InChI=1S/C22H25N3O5S2/c1-15-7-11-20(31-15)19(27)10-8-17(26)9-12-22(28)24-16-4-2-5-18(14-16)32(29,30)25-21-6-3-13-23-21/h2,4-5,7,11,14H,3,6,8-10,12-13H2,1H3,(H,23,25)(H,24,28). The molecule has 1 aromatic carbocycles. The van der Waals surface area contributed by atoms with Crippen LogP contribution in [0.4, 0.5) is 5.69 Å². The van der Waals surface area contributed by atoms with E-state index in [4.69, 9.17) is 0 Å². The van der Waals surface area contributed by atoms with Crippen LogP contribution in [0, 0.1) is 6.92 Å². The molecule has 8 nitrogen and oxygen atoms in total. The third-order valence-corrected chi connectivity index (χ3v) is 7.25. The predicted octanol–water partition coefficient (Wildman–Crippen LogP) is 3.48. The van der Waals surface area contributed by atoms with Gasteiger partial charge in [-0.3, -0.25) is 24.1 Å². The van der Waals surface area contributed by atoms with Gasteiger partial charge in [-0.1, -0.05) is 6.07 Å². The van der Waals surface area contributed by atoms with Crippen LogP contribution in [0.2, 0.25) is 0 Å². The number of carbonyl (C=O) groups excluding carboxylic acids is 3. The first-order valence-corrected chi connectivity index (χ1v) is 12.6. The zero-order chi connectivity index (χ0) is 23.1. The van der Waals surface area contributed by atoms with Crippen LogP contribution < -0.4 is 10.0 Å². The Hall–Kier alpha value is -2.85. The van der Waals surface area contributed by atoms with Gasteiger partial charge in [0.25, 0.3) is 10.0 Å². The highest BCUT2D eigenvalue weighted by molar-refractivity contribution is 7.90. The van der Waals surface area contributed by atoms with E-state index in [-0.39, 0.29) is 42.1 Å². The number of ketones is 2. The monoisotopic (exact) mass is 475 g/mol. The molecule has 1 amide bonds. The van der Waals surface area contributed by atoms with Crippen LogP contribution in [-0.2, 0) is 19.6 Å². The number of nitrogens with zero attached hydrogens (tertiary/aromatic N) is 1. The van der Waals surface area contributed by atoms with Crippen LogP contribution in [0.3, 0.4) is 0 Å². The zero-order valence-electron chi connectivity index (χ0n) is 17.7. The van der Waals surface area contributed by atoms with Crippen LogP contribution in [0.25, 0.3) is 0 Å². The molecule has 2 heterocycles. The third-order valence-electron chi connectivity index (χ3n) is 4.83. The fourth-order valence-electron chi connectivity index (χ4n) is 3.14. The average Bonchev–Trinajstić information content (AvgIpc) is 3.42. The summed E-state index contributed by atoms with van der Waals surface area (Å²) in [5.41, 5.74) is 0.321. The Labute approximate surface area is 191 Å². The molecular formula is C22H25N3O5S2. The van der Waals surface area contributed by atoms with E-state index in [1.165, 1.54) is 29.5 Å². The first-order chi connectivity index (χ1) is 15.2. The molecule has 0 bridgehead atoms. The zero-order valence-corrected chi connectivity index (χ0v) is 19.4. The summed E-state index contributed by atoms with van der Waals surface area (Å²) in [7, 11) is -3.78. The fraction of sp³-hybridized carbons (Fsp3) is 0.364. The summed E-state index contributed by atoms with van der Waals surface area (Å²) in [6, 6.07) is 9.52. The molecule has 0 unspecified atom stereocenters. The summed E-state index contributed by atoms with van der Waals surface area (Å²) < 4.78 is 27.5. The summed E-state index contributed by atoms with van der Waals surface area (Å²) in [6.07, 6.45) is 1.58. The van der Waals surface area contributed by atoms with Crippen LogP contribution in [0.5, 0.6) is 0 Å². The number of rotatable bonds is 10. The Balaban J connectivity index is 1.47. The van der Waals surface area contributed by atoms with E-state index in [0.29, 0.717) is 29.4 Å². The largest absolute Gasteiger partial charge is 0.326 e. The summed E-state index contributed by atoms with van der Waals surface area (Å²) >= 11 is 1.40. The number of hydrogen-bond donors (Lipinski definition) is 2. The number of aryl methyl sites for hydroxylation is 1. The van der Waals surface area contributed by atoms with Gasteiger partial charge in [0, 0.05) is 49.2 Å². The normalized spacial score (nSPS) is 13.5. The second-order valence-electron chi connectivity index (χ2n) is 7.49. The maximum absolute atomic E-state index is 12.5. The summed E-state index contributed by atoms with van der Waals surface area (Å²) in [5.74, 6) is -0.206. The lowest BCUT2D eigenvalue weighted by molar-refractivity contribution is -0.122. The van der Waals surface area contributed by atoms with Crippen molar-refractivity contribution < 1.29 is 22.8 Å². The maximum atomic E-state index is 12.5. The number of benzene rings is 1. The number of amides is 1. The van der Waals surface area contributed by atoms with E-state index < -0.39 is 15.9 Å². The van der Waals surface area contributed by atoms with Gasteiger partial charge in [0.05, 0.1) is 9.77 Å². The van der Waals surface area contributed by atoms with Crippen molar-refractivity contribution in [1.29, 1.82) is 0 Å². The van der Waals surface area contributed by atoms with Crippen molar-refractivity contribution in [2.75, 3.05) is 11.9 Å². The number of sulfonamides is 1. The Kier molecular flexibility index (Phi) is 7.92. The SMILES string of the molecule is Cc1ccc(C(=O)CCC(=O)CCC(=O)Nc2cccc(S(=O)(=O)NC3=NCCC3)c2)s1. The highest BCUT2D eigenvalue weighted by Crippen LogP contribution is 2.19. The number of hydrogen-bond acceptors (Lipinski definition) is 7.